The van der Waals surface area contributed by atoms with E-state index in [9.17, 15) is 8.42 Å². The van der Waals surface area contributed by atoms with Crippen molar-refractivity contribution in [1.82, 2.24) is 9.29 Å². The molecule has 0 fully saturated rings. The summed E-state index contributed by atoms with van der Waals surface area (Å²) in [5.74, 6) is 0. The largest absolute Gasteiger partial charge is 0.381 e. The summed E-state index contributed by atoms with van der Waals surface area (Å²) in [6.07, 6.45) is 0. The summed E-state index contributed by atoms with van der Waals surface area (Å²) >= 11 is 0. The highest BCUT2D eigenvalue weighted by Crippen LogP contribution is 2.18. The number of benzene rings is 1. The number of aryl methyl sites for hydroxylation is 1. The van der Waals surface area contributed by atoms with Gasteiger partial charge in [-0.15, -0.1) is 0 Å². The molecule has 2 aromatic rings. The van der Waals surface area contributed by atoms with Crippen LogP contribution in [0.25, 0.3) is 0 Å². The Labute approximate surface area is 126 Å². The first kappa shape index (κ1) is 15.6. The monoisotopic (exact) mass is 307 g/mol. The maximum atomic E-state index is 11.8. The van der Waals surface area contributed by atoms with Crippen LogP contribution in [-0.4, -0.2) is 20.0 Å². The normalized spacial score (nSPS) is 11.6. The molecule has 0 radical (unpaired) electrons. The summed E-state index contributed by atoms with van der Waals surface area (Å²) in [4.78, 5) is 0.260. The van der Waals surface area contributed by atoms with E-state index < -0.39 is 10.0 Å². The van der Waals surface area contributed by atoms with Gasteiger partial charge in [0, 0.05) is 30.7 Å². The quantitative estimate of drug-likeness (QED) is 0.890. The Hall–Kier alpha value is -1.79. The second-order valence-corrected chi connectivity index (χ2v) is 6.93. The number of rotatable bonds is 5. The predicted octanol–water partition coefficient (Wildman–Crippen LogP) is 2.16. The van der Waals surface area contributed by atoms with Crippen LogP contribution in [0, 0.1) is 13.8 Å². The Morgan fingerprint density at radius 3 is 2.48 bits per heavy atom. The summed E-state index contributed by atoms with van der Waals surface area (Å²) < 4.78 is 28.0. The zero-order valence-electron chi connectivity index (χ0n) is 12.8. The minimum Gasteiger partial charge on any atom is -0.381 e. The van der Waals surface area contributed by atoms with Crippen molar-refractivity contribution in [3.63, 3.8) is 0 Å². The Morgan fingerprint density at radius 2 is 1.90 bits per heavy atom. The number of hydrogen-bond donors (Lipinski definition) is 2. The number of nitrogens with zero attached hydrogens (tertiary/aromatic N) is 1. The van der Waals surface area contributed by atoms with E-state index in [4.69, 9.17) is 0 Å². The molecule has 0 aliphatic heterocycles. The van der Waals surface area contributed by atoms with Crippen molar-refractivity contribution >= 4 is 15.7 Å². The highest BCUT2D eigenvalue weighted by atomic mass is 32.2. The molecule has 1 aromatic carbocycles. The van der Waals surface area contributed by atoms with E-state index in [2.05, 4.69) is 34.5 Å². The van der Waals surface area contributed by atoms with Gasteiger partial charge in [0.2, 0.25) is 10.0 Å². The second-order valence-electron chi connectivity index (χ2n) is 5.04. The van der Waals surface area contributed by atoms with E-state index >= 15 is 0 Å². The van der Waals surface area contributed by atoms with Crippen molar-refractivity contribution in [2.24, 2.45) is 7.05 Å². The number of anilines is 1. The summed E-state index contributed by atoms with van der Waals surface area (Å²) in [6, 6.07) is 8.94. The lowest BCUT2D eigenvalue weighted by atomic mass is 10.2. The van der Waals surface area contributed by atoms with Gasteiger partial charge in [0.1, 0.15) is 0 Å². The van der Waals surface area contributed by atoms with Crippen molar-refractivity contribution < 1.29 is 8.42 Å². The third-order valence-corrected chi connectivity index (χ3v) is 5.19. The lowest BCUT2D eigenvalue weighted by molar-refractivity contribution is 0.588. The zero-order chi connectivity index (χ0) is 15.6. The topological polar surface area (TPSA) is 63.1 Å². The molecule has 2 rings (SSSR count). The number of sulfonamides is 1. The van der Waals surface area contributed by atoms with Gasteiger partial charge in [0.15, 0.2) is 0 Å². The van der Waals surface area contributed by atoms with Crippen LogP contribution in [0.3, 0.4) is 0 Å². The molecule has 1 heterocycles. The second kappa shape index (κ2) is 5.91. The lowest BCUT2D eigenvalue weighted by Gasteiger charge is -2.09. The maximum absolute atomic E-state index is 11.8. The number of nitrogens with one attached hydrogen (secondary N) is 2. The van der Waals surface area contributed by atoms with Crippen LogP contribution in [0.5, 0.6) is 0 Å². The number of hydrogen-bond acceptors (Lipinski definition) is 3. The van der Waals surface area contributed by atoms with E-state index in [0.29, 0.717) is 6.54 Å². The van der Waals surface area contributed by atoms with E-state index in [1.165, 1.54) is 24.0 Å². The van der Waals surface area contributed by atoms with Crippen LogP contribution in [0.15, 0.2) is 35.2 Å². The van der Waals surface area contributed by atoms with Crippen LogP contribution in [-0.2, 0) is 23.6 Å². The van der Waals surface area contributed by atoms with Crippen LogP contribution in [0.4, 0.5) is 5.69 Å². The van der Waals surface area contributed by atoms with E-state index in [1.54, 1.807) is 18.2 Å². The fourth-order valence-electron chi connectivity index (χ4n) is 2.20. The van der Waals surface area contributed by atoms with E-state index in [1.807, 2.05) is 13.1 Å². The highest BCUT2D eigenvalue weighted by molar-refractivity contribution is 7.89. The van der Waals surface area contributed by atoms with Crippen LogP contribution in [0.2, 0.25) is 0 Å². The fraction of sp³-hybridized carbons (Fsp3) is 0.333. The molecular weight excluding hydrogens is 286 g/mol. The minimum absolute atomic E-state index is 0.260. The van der Waals surface area contributed by atoms with Crippen LogP contribution >= 0.6 is 0 Å². The number of aromatic nitrogens is 1. The van der Waals surface area contributed by atoms with Crippen molar-refractivity contribution in [1.29, 1.82) is 0 Å². The molecular formula is C15H21N3O2S. The van der Waals surface area contributed by atoms with E-state index in [0.717, 1.165) is 5.69 Å². The Kier molecular flexibility index (Phi) is 4.39. The molecule has 0 aliphatic carbocycles. The average Bonchev–Trinajstić information content (AvgIpc) is 2.72. The first-order valence-electron chi connectivity index (χ1n) is 6.74. The summed E-state index contributed by atoms with van der Waals surface area (Å²) in [5.41, 5.74) is 4.40. The summed E-state index contributed by atoms with van der Waals surface area (Å²) in [6.45, 7) is 4.80. The third kappa shape index (κ3) is 3.28. The van der Waals surface area contributed by atoms with Gasteiger partial charge >= 0.3 is 0 Å². The maximum Gasteiger partial charge on any atom is 0.240 e. The molecule has 5 nitrogen and oxygen atoms in total. The Morgan fingerprint density at radius 1 is 1.19 bits per heavy atom. The van der Waals surface area contributed by atoms with Crippen LogP contribution in [0.1, 0.15) is 17.0 Å². The van der Waals surface area contributed by atoms with Gasteiger partial charge in [-0.2, -0.15) is 0 Å². The lowest BCUT2D eigenvalue weighted by Crippen LogP contribution is -2.18. The fourth-order valence-corrected chi connectivity index (χ4v) is 2.98. The first-order valence-corrected chi connectivity index (χ1v) is 8.22. The molecule has 1 aromatic heterocycles. The van der Waals surface area contributed by atoms with Crippen LogP contribution < -0.4 is 10.0 Å². The van der Waals surface area contributed by atoms with Crippen molar-refractivity contribution in [2.45, 2.75) is 25.3 Å². The molecule has 0 amide bonds. The van der Waals surface area contributed by atoms with Gasteiger partial charge in [-0.1, -0.05) is 6.07 Å². The summed E-state index contributed by atoms with van der Waals surface area (Å²) in [5, 5.41) is 3.27. The van der Waals surface area contributed by atoms with Gasteiger partial charge in [-0.3, -0.25) is 0 Å². The van der Waals surface area contributed by atoms with Crippen molar-refractivity contribution in [3.05, 3.63) is 47.3 Å². The Bertz CT molecular complexity index is 748. The molecule has 0 atom stereocenters. The zero-order valence-corrected chi connectivity index (χ0v) is 13.6. The van der Waals surface area contributed by atoms with Crippen molar-refractivity contribution in [2.75, 3.05) is 12.4 Å². The molecule has 0 saturated heterocycles. The molecule has 114 valence electrons. The van der Waals surface area contributed by atoms with Crippen molar-refractivity contribution in [3.8, 4) is 0 Å². The highest BCUT2D eigenvalue weighted by Gasteiger charge is 2.11. The standard InChI is InChI=1S/C15H21N3O2S/c1-11-8-13(12(2)18(11)4)10-17-14-6-5-7-15(9-14)21(19,20)16-3/h5-9,16-17H,10H2,1-4H3. The average molecular weight is 307 g/mol. The van der Waals surface area contributed by atoms with Gasteiger partial charge in [0.05, 0.1) is 4.90 Å². The Balaban J connectivity index is 2.17. The molecule has 2 N–H and O–H groups in total. The minimum atomic E-state index is -3.41. The van der Waals surface area contributed by atoms with Gasteiger partial charge in [0.25, 0.3) is 0 Å². The smallest absolute Gasteiger partial charge is 0.240 e. The van der Waals surface area contributed by atoms with Gasteiger partial charge in [-0.25, -0.2) is 13.1 Å². The van der Waals surface area contributed by atoms with Gasteiger partial charge < -0.3 is 9.88 Å². The third-order valence-electron chi connectivity index (χ3n) is 3.78. The molecule has 0 spiro atoms. The molecule has 0 unspecified atom stereocenters. The molecule has 21 heavy (non-hydrogen) atoms. The predicted molar refractivity (Wildman–Crippen MR) is 84.9 cm³/mol. The molecule has 0 bridgehead atoms. The summed E-state index contributed by atoms with van der Waals surface area (Å²) in [7, 11) is 0.0357. The van der Waals surface area contributed by atoms with E-state index in [-0.39, 0.29) is 4.90 Å². The SMILES string of the molecule is CNS(=O)(=O)c1cccc(NCc2cc(C)n(C)c2C)c1. The first-order chi connectivity index (χ1) is 9.85. The molecule has 0 aliphatic rings. The molecule has 0 saturated carbocycles. The molecule has 6 heteroatoms. The van der Waals surface area contributed by atoms with Gasteiger partial charge in [-0.05, 0) is 50.7 Å².